The Bertz CT molecular complexity index is 677. The minimum absolute atomic E-state index is 0.0177. The summed E-state index contributed by atoms with van der Waals surface area (Å²) in [5, 5.41) is 2.78. The molecule has 0 heterocycles. The fourth-order valence-electron chi connectivity index (χ4n) is 2.37. The van der Waals surface area contributed by atoms with Crippen molar-refractivity contribution in [3.63, 3.8) is 0 Å². The number of hydrogen-bond acceptors (Lipinski definition) is 3. The molecule has 22 heavy (non-hydrogen) atoms. The molecule has 0 radical (unpaired) electrons. The normalized spacial score (nSPS) is 16.2. The third-order valence-electron chi connectivity index (χ3n) is 3.36. The Kier molecular flexibility index (Phi) is 4.97. The predicted molar refractivity (Wildman–Crippen MR) is 84.5 cm³/mol. The Balaban J connectivity index is 2.15. The van der Waals surface area contributed by atoms with Crippen molar-refractivity contribution < 1.29 is 17.6 Å². The van der Waals surface area contributed by atoms with Gasteiger partial charge in [0.25, 0.3) is 0 Å². The summed E-state index contributed by atoms with van der Waals surface area (Å²) in [5.41, 5.74) is 0.170. The van der Waals surface area contributed by atoms with E-state index in [1.165, 1.54) is 17.0 Å². The first-order valence-electron chi connectivity index (χ1n) is 6.89. The summed E-state index contributed by atoms with van der Waals surface area (Å²) in [6.07, 6.45) is 2.80. The highest BCUT2D eigenvalue weighted by atomic mass is 35.5. The number of carbonyl (C=O) groups excluding carboxylic acids is 1. The van der Waals surface area contributed by atoms with Crippen molar-refractivity contribution in [1.29, 1.82) is 0 Å². The van der Waals surface area contributed by atoms with Crippen LogP contribution in [0.2, 0.25) is 5.02 Å². The number of rotatable bonds is 5. The van der Waals surface area contributed by atoms with Crippen LogP contribution in [0.1, 0.15) is 19.8 Å². The lowest BCUT2D eigenvalue weighted by Gasteiger charge is -2.29. The van der Waals surface area contributed by atoms with Crippen LogP contribution < -0.4 is 5.32 Å². The third kappa shape index (κ3) is 4.58. The van der Waals surface area contributed by atoms with Gasteiger partial charge >= 0.3 is 6.03 Å². The first kappa shape index (κ1) is 17.0. The molecule has 1 aromatic rings. The molecule has 0 saturated heterocycles. The van der Waals surface area contributed by atoms with Gasteiger partial charge in [0, 0.05) is 18.3 Å². The van der Waals surface area contributed by atoms with E-state index in [1.807, 2.05) is 0 Å². The van der Waals surface area contributed by atoms with Gasteiger partial charge in [0.2, 0.25) is 0 Å². The maximum Gasteiger partial charge on any atom is 0.322 e. The lowest BCUT2D eigenvalue weighted by Crippen LogP contribution is -2.46. The Morgan fingerprint density at radius 2 is 2.14 bits per heavy atom. The van der Waals surface area contributed by atoms with Crippen LogP contribution in [0.3, 0.4) is 0 Å². The van der Waals surface area contributed by atoms with Gasteiger partial charge in [0.15, 0.2) is 0 Å². The number of urea groups is 1. The van der Waals surface area contributed by atoms with Gasteiger partial charge in [-0.3, -0.25) is 0 Å². The summed E-state index contributed by atoms with van der Waals surface area (Å²) in [4.78, 5) is 13.9. The lowest BCUT2D eigenvalue weighted by atomic mass is 10.3. The monoisotopic (exact) mass is 348 g/mol. The first-order chi connectivity index (χ1) is 10.2. The molecule has 1 aromatic carbocycles. The highest BCUT2D eigenvalue weighted by Crippen LogP contribution is 2.30. The minimum atomic E-state index is -3.20. The van der Waals surface area contributed by atoms with Crippen LogP contribution in [0.4, 0.5) is 14.9 Å². The fraction of sp³-hybridized carbons (Fsp3) is 0.500. The molecular weight excluding hydrogens is 331 g/mol. The Hall–Kier alpha value is -1.34. The number of halogens is 2. The van der Waals surface area contributed by atoms with Crippen LogP contribution >= 0.6 is 11.6 Å². The zero-order valence-electron chi connectivity index (χ0n) is 12.3. The van der Waals surface area contributed by atoms with E-state index in [2.05, 4.69) is 5.32 Å². The fourth-order valence-corrected chi connectivity index (χ4v) is 3.57. The van der Waals surface area contributed by atoms with E-state index in [-0.39, 0.29) is 22.5 Å². The minimum Gasteiger partial charge on any atom is -0.318 e. The average molecular weight is 349 g/mol. The Morgan fingerprint density at radius 3 is 2.68 bits per heavy atom. The number of benzene rings is 1. The largest absolute Gasteiger partial charge is 0.322 e. The van der Waals surface area contributed by atoms with Crippen molar-refractivity contribution in [3.05, 3.63) is 29.0 Å². The van der Waals surface area contributed by atoms with E-state index in [0.717, 1.165) is 25.2 Å². The average Bonchev–Trinajstić information content (AvgIpc) is 3.16. The SMILES string of the molecule is C[C@H](CS(C)(=O)=O)N(C(=O)Nc1cc(F)ccc1Cl)C1CC1. The van der Waals surface area contributed by atoms with Gasteiger partial charge < -0.3 is 10.2 Å². The second kappa shape index (κ2) is 6.42. The smallest absolute Gasteiger partial charge is 0.318 e. The molecule has 8 heteroatoms. The van der Waals surface area contributed by atoms with Crippen molar-refractivity contribution in [1.82, 2.24) is 4.90 Å². The number of nitrogens with one attached hydrogen (secondary N) is 1. The second-order valence-corrected chi connectivity index (χ2v) is 8.23. The van der Waals surface area contributed by atoms with Crippen LogP contribution in [-0.4, -0.2) is 43.4 Å². The van der Waals surface area contributed by atoms with Gasteiger partial charge in [-0.15, -0.1) is 0 Å². The molecule has 1 saturated carbocycles. The van der Waals surface area contributed by atoms with Crippen LogP contribution in [0.15, 0.2) is 18.2 Å². The number of sulfone groups is 1. The summed E-state index contributed by atoms with van der Waals surface area (Å²) >= 11 is 5.93. The van der Waals surface area contributed by atoms with Gasteiger partial charge in [-0.25, -0.2) is 17.6 Å². The molecule has 1 fully saturated rings. The summed E-state index contributed by atoms with van der Waals surface area (Å²) in [7, 11) is -3.20. The first-order valence-corrected chi connectivity index (χ1v) is 9.33. The summed E-state index contributed by atoms with van der Waals surface area (Å²) < 4.78 is 36.1. The highest BCUT2D eigenvalue weighted by molar-refractivity contribution is 7.90. The summed E-state index contributed by atoms with van der Waals surface area (Å²) in [6.45, 7) is 1.69. The number of nitrogens with zero attached hydrogens (tertiary/aromatic N) is 1. The summed E-state index contributed by atoms with van der Waals surface area (Å²) in [6, 6.07) is 2.77. The van der Waals surface area contributed by atoms with E-state index < -0.39 is 27.7 Å². The molecule has 1 aliphatic rings. The zero-order valence-corrected chi connectivity index (χ0v) is 13.9. The van der Waals surface area contributed by atoms with E-state index in [4.69, 9.17) is 11.6 Å². The molecule has 122 valence electrons. The maximum absolute atomic E-state index is 13.2. The van der Waals surface area contributed by atoms with Gasteiger partial charge in [-0.2, -0.15) is 0 Å². The zero-order chi connectivity index (χ0) is 16.5. The molecule has 0 bridgehead atoms. The number of hydrogen-bond donors (Lipinski definition) is 1. The third-order valence-corrected chi connectivity index (χ3v) is 4.78. The molecule has 5 nitrogen and oxygen atoms in total. The van der Waals surface area contributed by atoms with E-state index >= 15 is 0 Å². The molecule has 1 aliphatic carbocycles. The highest BCUT2D eigenvalue weighted by Gasteiger charge is 2.37. The maximum atomic E-state index is 13.2. The van der Waals surface area contributed by atoms with Crippen molar-refractivity contribution >= 4 is 33.2 Å². The van der Waals surface area contributed by atoms with Crippen LogP contribution in [0.25, 0.3) is 0 Å². The second-order valence-electron chi connectivity index (χ2n) is 5.63. The molecule has 1 N–H and O–H groups in total. The molecule has 0 unspecified atom stereocenters. The van der Waals surface area contributed by atoms with E-state index in [1.54, 1.807) is 6.92 Å². The molecule has 1 atom stereocenters. The van der Waals surface area contributed by atoms with E-state index in [9.17, 15) is 17.6 Å². The van der Waals surface area contributed by atoms with Gasteiger partial charge in [-0.1, -0.05) is 11.6 Å². The van der Waals surface area contributed by atoms with Crippen molar-refractivity contribution in [2.75, 3.05) is 17.3 Å². The van der Waals surface area contributed by atoms with Crippen molar-refractivity contribution in [2.24, 2.45) is 0 Å². The lowest BCUT2D eigenvalue weighted by molar-refractivity contribution is 0.194. The Labute approximate surface area is 134 Å². The number of carbonyl (C=O) groups is 1. The van der Waals surface area contributed by atoms with Crippen molar-refractivity contribution in [2.45, 2.75) is 31.8 Å². The summed E-state index contributed by atoms with van der Waals surface area (Å²) in [5.74, 6) is -0.629. The number of amides is 2. The molecule has 2 rings (SSSR count). The number of anilines is 1. The topological polar surface area (TPSA) is 66.5 Å². The van der Waals surface area contributed by atoms with Crippen LogP contribution in [0, 0.1) is 5.82 Å². The molecule has 2 amide bonds. The van der Waals surface area contributed by atoms with E-state index in [0.29, 0.717) is 0 Å². The van der Waals surface area contributed by atoms with Crippen LogP contribution in [-0.2, 0) is 9.84 Å². The predicted octanol–water partition coefficient (Wildman–Crippen LogP) is 2.91. The van der Waals surface area contributed by atoms with Crippen molar-refractivity contribution in [3.8, 4) is 0 Å². The van der Waals surface area contributed by atoms with Gasteiger partial charge in [-0.05, 0) is 38.0 Å². The molecule has 0 aromatic heterocycles. The standard InChI is InChI=1S/C14H18ClFN2O3S/c1-9(8-22(2,20)21)18(11-4-5-11)14(19)17-13-7-10(16)3-6-12(13)15/h3,6-7,9,11H,4-5,8H2,1-2H3,(H,17,19)/t9-/m1/s1. The van der Waals surface area contributed by atoms with Gasteiger partial charge in [0.05, 0.1) is 16.5 Å². The quantitative estimate of drug-likeness (QED) is 0.889. The van der Waals surface area contributed by atoms with Crippen LogP contribution in [0.5, 0.6) is 0 Å². The molecule has 0 spiro atoms. The Morgan fingerprint density at radius 1 is 1.50 bits per heavy atom. The molecular formula is C14H18ClFN2O3S. The molecule has 0 aliphatic heterocycles. The van der Waals surface area contributed by atoms with Gasteiger partial charge in [0.1, 0.15) is 15.7 Å².